The number of ketones is 1. The molecule has 0 aliphatic carbocycles. The molecule has 0 fully saturated rings. The van der Waals surface area contributed by atoms with Crippen LogP contribution in [-0.4, -0.2) is 23.2 Å². The number of benzene rings is 2. The van der Waals surface area contributed by atoms with Crippen LogP contribution < -0.4 is 9.64 Å². The summed E-state index contributed by atoms with van der Waals surface area (Å²) in [4.78, 5) is 28.5. The molecule has 0 saturated carbocycles. The third kappa shape index (κ3) is 4.81. The molecule has 1 aromatic heterocycles. The quantitative estimate of drug-likeness (QED) is 0.406. The largest absolute Gasteiger partial charge is 0.573 e. The first-order valence-electron chi connectivity index (χ1n) is 10.8. The molecule has 4 rings (SSSR count). The number of halogens is 3. The number of alkyl halides is 3. The predicted octanol–water partition coefficient (Wildman–Crippen LogP) is 6.75. The highest BCUT2D eigenvalue weighted by atomic mass is 32.1. The third-order valence-corrected chi connectivity index (χ3v) is 6.51. The summed E-state index contributed by atoms with van der Waals surface area (Å²) in [5.41, 5.74) is 1.86. The molecule has 35 heavy (non-hydrogen) atoms. The lowest BCUT2D eigenvalue weighted by Gasteiger charge is -2.29. The highest BCUT2D eigenvalue weighted by Crippen LogP contribution is 2.45. The van der Waals surface area contributed by atoms with Crippen molar-refractivity contribution in [1.82, 2.24) is 0 Å². The summed E-state index contributed by atoms with van der Waals surface area (Å²) in [6, 6.07) is 12.8. The SMILES string of the molecule is Cc1cc(-c2ccc(N3C(=O)C(O)=C(C(=O)C(C)C)C3c3ccccc3OC(F)(F)F)cc2)cs1. The number of thiophene rings is 1. The molecule has 2 heterocycles. The average Bonchev–Trinajstić information content (AvgIpc) is 3.34. The number of carbonyl (C=O) groups excluding carboxylic acids is 2. The van der Waals surface area contributed by atoms with E-state index in [9.17, 15) is 27.9 Å². The number of hydrogen-bond acceptors (Lipinski definition) is 5. The maximum absolute atomic E-state index is 13.2. The Balaban J connectivity index is 1.84. The van der Waals surface area contributed by atoms with E-state index in [0.717, 1.165) is 27.0 Å². The number of nitrogens with zero attached hydrogens (tertiary/aromatic N) is 1. The highest BCUT2D eigenvalue weighted by Gasteiger charge is 2.46. The van der Waals surface area contributed by atoms with E-state index in [1.54, 1.807) is 49.4 Å². The lowest BCUT2D eigenvalue weighted by molar-refractivity contribution is -0.274. The molecule has 0 spiro atoms. The molecular weight excluding hydrogens is 479 g/mol. The van der Waals surface area contributed by atoms with Crippen molar-refractivity contribution in [3.63, 3.8) is 0 Å². The van der Waals surface area contributed by atoms with Crippen LogP contribution in [0.1, 0.15) is 30.3 Å². The fraction of sp³-hybridized carbons (Fsp3) is 0.231. The Labute approximate surface area is 204 Å². The van der Waals surface area contributed by atoms with Crippen LogP contribution in [0.15, 0.2) is 71.3 Å². The molecule has 2 aromatic carbocycles. The van der Waals surface area contributed by atoms with E-state index in [0.29, 0.717) is 5.69 Å². The Morgan fingerprint density at radius 1 is 1.09 bits per heavy atom. The molecule has 0 radical (unpaired) electrons. The molecule has 5 nitrogen and oxygen atoms in total. The molecule has 1 unspecified atom stereocenters. The van der Waals surface area contributed by atoms with Gasteiger partial charge in [-0.2, -0.15) is 0 Å². The first-order valence-corrected chi connectivity index (χ1v) is 11.7. The van der Waals surface area contributed by atoms with E-state index in [1.807, 2.05) is 18.4 Å². The normalized spacial score (nSPS) is 16.4. The van der Waals surface area contributed by atoms with Crippen molar-refractivity contribution in [2.24, 2.45) is 5.92 Å². The zero-order chi connectivity index (χ0) is 25.5. The second-order valence-corrected chi connectivity index (χ2v) is 9.55. The van der Waals surface area contributed by atoms with E-state index in [1.165, 1.54) is 18.2 Å². The van der Waals surface area contributed by atoms with Gasteiger partial charge in [-0.1, -0.05) is 44.2 Å². The smallest absolute Gasteiger partial charge is 0.503 e. The van der Waals surface area contributed by atoms with Crippen LogP contribution in [0, 0.1) is 12.8 Å². The standard InChI is InChI=1S/C26H22F3NO4S/c1-14(2)23(31)21-22(19-6-4-5-7-20(19)34-26(27,28)29)30(25(33)24(21)32)18-10-8-16(9-11-18)17-12-15(3)35-13-17/h4-14,22,32H,1-3H3. The summed E-state index contributed by atoms with van der Waals surface area (Å²) in [7, 11) is 0. The summed E-state index contributed by atoms with van der Waals surface area (Å²) in [5, 5.41) is 12.7. The van der Waals surface area contributed by atoms with Crippen molar-refractivity contribution in [1.29, 1.82) is 0 Å². The van der Waals surface area contributed by atoms with Crippen molar-refractivity contribution < 1.29 is 32.6 Å². The predicted molar refractivity (Wildman–Crippen MR) is 127 cm³/mol. The topological polar surface area (TPSA) is 66.8 Å². The van der Waals surface area contributed by atoms with E-state index in [-0.39, 0.29) is 11.1 Å². The summed E-state index contributed by atoms with van der Waals surface area (Å²) in [6.07, 6.45) is -4.99. The van der Waals surface area contributed by atoms with Gasteiger partial charge in [0.05, 0.1) is 11.6 Å². The number of carbonyl (C=O) groups is 2. The fourth-order valence-electron chi connectivity index (χ4n) is 4.06. The minimum atomic E-state index is -4.99. The minimum absolute atomic E-state index is 0.0660. The molecule has 0 bridgehead atoms. The van der Waals surface area contributed by atoms with Crippen LogP contribution in [0.4, 0.5) is 18.9 Å². The van der Waals surface area contributed by atoms with Gasteiger partial charge in [0.1, 0.15) is 5.75 Å². The van der Waals surface area contributed by atoms with Crippen LogP contribution in [0.2, 0.25) is 0 Å². The molecule has 0 saturated heterocycles. The molecule has 9 heteroatoms. The Morgan fingerprint density at radius 2 is 1.74 bits per heavy atom. The van der Waals surface area contributed by atoms with Crippen molar-refractivity contribution in [2.75, 3.05) is 4.90 Å². The van der Waals surface area contributed by atoms with Crippen molar-refractivity contribution in [3.8, 4) is 16.9 Å². The van der Waals surface area contributed by atoms with Crippen molar-refractivity contribution in [3.05, 3.63) is 81.8 Å². The van der Waals surface area contributed by atoms with Gasteiger partial charge in [0.15, 0.2) is 11.5 Å². The number of hydrogen-bond donors (Lipinski definition) is 1. The Kier molecular flexibility index (Phi) is 6.46. The van der Waals surface area contributed by atoms with Gasteiger partial charge in [-0.3, -0.25) is 14.5 Å². The second kappa shape index (κ2) is 9.22. The van der Waals surface area contributed by atoms with E-state index < -0.39 is 41.5 Å². The van der Waals surface area contributed by atoms with E-state index in [4.69, 9.17) is 0 Å². The Hall–Kier alpha value is -3.59. The summed E-state index contributed by atoms with van der Waals surface area (Å²) < 4.78 is 43.6. The summed E-state index contributed by atoms with van der Waals surface area (Å²) >= 11 is 1.59. The van der Waals surface area contributed by atoms with Crippen LogP contribution in [0.3, 0.4) is 0 Å². The van der Waals surface area contributed by atoms with Crippen LogP contribution in [0.5, 0.6) is 5.75 Å². The van der Waals surface area contributed by atoms with Crippen LogP contribution in [0.25, 0.3) is 11.1 Å². The van der Waals surface area contributed by atoms with Gasteiger partial charge in [-0.05, 0) is 47.7 Å². The van der Waals surface area contributed by atoms with Crippen molar-refractivity contribution >= 4 is 28.7 Å². The molecule has 1 aliphatic heterocycles. The average molecular weight is 502 g/mol. The van der Waals surface area contributed by atoms with Gasteiger partial charge in [-0.25, -0.2) is 0 Å². The van der Waals surface area contributed by atoms with Gasteiger partial charge in [-0.15, -0.1) is 24.5 Å². The number of rotatable bonds is 6. The maximum Gasteiger partial charge on any atom is 0.573 e. The molecule has 3 aromatic rings. The number of anilines is 1. The third-order valence-electron chi connectivity index (χ3n) is 5.65. The summed E-state index contributed by atoms with van der Waals surface area (Å²) in [6.45, 7) is 5.16. The monoisotopic (exact) mass is 501 g/mol. The zero-order valence-electron chi connectivity index (χ0n) is 19.1. The number of aliphatic hydroxyl groups is 1. The maximum atomic E-state index is 13.2. The lowest BCUT2D eigenvalue weighted by atomic mass is 9.90. The van der Waals surface area contributed by atoms with Gasteiger partial charge in [0.2, 0.25) is 0 Å². The van der Waals surface area contributed by atoms with Crippen LogP contribution in [-0.2, 0) is 9.59 Å². The molecular formula is C26H22F3NO4S. The Morgan fingerprint density at radius 3 is 2.31 bits per heavy atom. The van der Waals surface area contributed by atoms with Gasteiger partial charge in [0, 0.05) is 22.0 Å². The number of ether oxygens (including phenoxy) is 1. The first-order chi connectivity index (χ1) is 16.5. The second-order valence-electron chi connectivity index (χ2n) is 8.44. The molecule has 1 amide bonds. The van der Waals surface area contributed by atoms with Gasteiger partial charge in [0.25, 0.3) is 5.91 Å². The molecule has 1 atom stereocenters. The Bertz CT molecular complexity index is 1310. The van der Waals surface area contributed by atoms with E-state index >= 15 is 0 Å². The number of aliphatic hydroxyl groups excluding tert-OH is 1. The molecule has 182 valence electrons. The molecule has 1 aliphatic rings. The van der Waals surface area contributed by atoms with Gasteiger partial charge >= 0.3 is 6.36 Å². The first kappa shape index (κ1) is 24.5. The number of amides is 1. The number of aryl methyl sites for hydroxylation is 1. The van der Waals surface area contributed by atoms with E-state index in [2.05, 4.69) is 4.74 Å². The summed E-state index contributed by atoms with van der Waals surface area (Å²) in [5.74, 6) is -3.37. The van der Waals surface area contributed by atoms with Crippen LogP contribution >= 0.6 is 11.3 Å². The van der Waals surface area contributed by atoms with Gasteiger partial charge < -0.3 is 9.84 Å². The lowest BCUT2D eigenvalue weighted by Crippen LogP contribution is -2.32. The fourth-order valence-corrected chi connectivity index (χ4v) is 4.77. The number of para-hydroxylation sites is 1. The highest BCUT2D eigenvalue weighted by molar-refractivity contribution is 7.10. The van der Waals surface area contributed by atoms with Crippen molar-refractivity contribution in [2.45, 2.75) is 33.2 Å². The number of Topliss-reactive ketones (excluding diaryl/α,β-unsaturated/α-hetero) is 1. The molecule has 1 N–H and O–H groups in total. The zero-order valence-corrected chi connectivity index (χ0v) is 19.9. The minimum Gasteiger partial charge on any atom is -0.503 e.